The highest BCUT2D eigenvalue weighted by Crippen LogP contribution is 2.65. The number of fused-ring (bicyclic) bond motifs is 1. The van der Waals surface area contributed by atoms with Gasteiger partial charge in [-0.3, -0.25) is 19.2 Å². The summed E-state index contributed by atoms with van der Waals surface area (Å²) in [6.07, 6.45) is 6.80. The Labute approximate surface area is 286 Å². The number of nitrogens with one attached hydrogen (secondary N) is 3. The predicted molar refractivity (Wildman–Crippen MR) is 183 cm³/mol. The molecule has 272 valence electrons. The fraction of sp³-hybridized carbons (Fsp3) is 0.857. The first kappa shape index (κ1) is 38.1. The van der Waals surface area contributed by atoms with Gasteiger partial charge in [0.05, 0.1) is 17.5 Å². The topological polar surface area (TPSA) is 185 Å². The first-order valence-corrected chi connectivity index (χ1v) is 19.6. The van der Waals surface area contributed by atoms with Crippen LogP contribution in [0.2, 0.25) is 0 Å². The van der Waals surface area contributed by atoms with Crippen molar-refractivity contribution in [3.8, 4) is 0 Å². The second kappa shape index (κ2) is 13.9. The predicted octanol–water partition coefficient (Wildman–Crippen LogP) is 2.93. The summed E-state index contributed by atoms with van der Waals surface area (Å²) in [5.74, 6) is -2.89. The molecule has 0 radical (unpaired) electrons. The fourth-order valence-electron chi connectivity index (χ4n) is 8.14. The van der Waals surface area contributed by atoms with Crippen LogP contribution >= 0.6 is 0 Å². The van der Waals surface area contributed by atoms with Crippen LogP contribution in [-0.4, -0.2) is 85.1 Å². The van der Waals surface area contributed by atoms with Gasteiger partial charge in [0, 0.05) is 12.6 Å². The number of rotatable bonds is 13. The minimum absolute atomic E-state index is 0.000728. The van der Waals surface area contributed by atoms with Crippen LogP contribution in [0.5, 0.6) is 0 Å². The SMILES string of the molecule is CC(C)(C)CS(=O)(=O)C[C@@H](NC(=O)N[C@H](C(=O)N1C[C@H]2C([C@H]1C(=O)NC(CC1CC1)C(=O)C(N)=O)C2(C)C)C(C)(C)C)C1CCCCC1. The van der Waals surface area contributed by atoms with Gasteiger partial charge in [0.1, 0.15) is 12.1 Å². The Morgan fingerprint density at radius 3 is 2.02 bits per heavy atom. The molecule has 1 saturated heterocycles. The third-order valence-electron chi connectivity index (χ3n) is 10.9. The van der Waals surface area contributed by atoms with Gasteiger partial charge in [0.25, 0.3) is 5.91 Å². The lowest BCUT2D eigenvalue weighted by Gasteiger charge is -2.38. The Morgan fingerprint density at radius 1 is 0.896 bits per heavy atom. The van der Waals surface area contributed by atoms with E-state index in [4.69, 9.17) is 5.73 Å². The molecule has 0 aromatic rings. The molecule has 4 fully saturated rings. The van der Waals surface area contributed by atoms with Crippen molar-refractivity contribution in [1.82, 2.24) is 20.9 Å². The maximum Gasteiger partial charge on any atom is 0.315 e. The van der Waals surface area contributed by atoms with E-state index in [0.717, 1.165) is 44.9 Å². The van der Waals surface area contributed by atoms with E-state index in [2.05, 4.69) is 16.0 Å². The minimum atomic E-state index is -3.49. The maximum absolute atomic E-state index is 14.4. The quantitative estimate of drug-likeness (QED) is 0.214. The molecule has 1 heterocycles. The number of hydrogen-bond donors (Lipinski definition) is 4. The Kier molecular flexibility index (Phi) is 11.0. The standard InChI is InChI=1S/C35H59N5O7S/c1-33(2,3)19-48(46,47)18-24(21-12-10-9-11-13-21)38-32(45)39-28(34(4,5)6)31(44)40-17-22-25(35(22,7)8)26(40)30(43)37-23(16-20-14-15-20)27(41)29(36)42/h20-26,28H,9-19H2,1-8H3,(H2,36,42)(H,37,43)(H2,38,39,45)/t22-,23?,24+,25?,26-,28+/m0/s1. The average Bonchev–Trinajstić information content (AvgIpc) is 3.80. The van der Waals surface area contributed by atoms with Crippen LogP contribution in [0.1, 0.15) is 107 Å². The van der Waals surface area contributed by atoms with E-state index in [0.29, 0.717) is 13.0 Å². The summed E-state index contributed by atoms with van der Waals surface area (Å²) in [6, 6.07) is -4.17. The molecule has 5 amide bonds. The van der Waals surface area contributed by atoms with Crippen molar-refractivity contribution in [1.29, 1.82) is 0 Å². The molecule has 13 heteroatoms. The van der Waals surface area contributed by atoms with Crippen LogP contribution in [0.25, 0.3) is 0 Å². The molecule has 0 aromatic carbocycles. The molecule has 4 aliphatic rings. The molecule has 0 spiro atoms. The van der Waals surface area contributed by atoms with Gasteiger partial charge in [-0.05, 0) is 59.2 Å². The largest absolute Gasteiger partial charge is 0.363 e. The zero-order valence-corrected chi connectivity index (χ0v) is 31.0. The van der Waals surface area contributed by atoms with E-state index in [1.807, 2.05) is 55.4 Å². The van der Waals surface area contributed by atoms with Crippen molar-refractivity contribution in [2.75, 3.05) is 18.1 Å². The monoisotopic (exact) mass is 693 g/mol. The third kappa shape index (κ3) is 9.29. The summed E-state index contributed by atoms with van der Waals surface area (Å²) in [7, 11) is -3.49. The van der Waals surface area contributed by atoms with Crippen LogP contribution < -0.4 is 21.7 Å². The molecule has 12 nitrogen and oxygen atoms in total. The molecule has 48 heavy (non-hydrogen) atoms. The first-order chi connectivity index (χ1) is 22.0. The van der Waals surface area contributed by atoms with Crippen LogP contribution in [0.4, 0.5) is 4.79 Å². The summed E-state index contributed by atoms with van der Waals surface area (Å²) < 4.78 is 26.5. The Hall–Kier alpha value is -2.70. The van der Waals surface area contributed by atoms with Crippen molar-refractivity contribution < 1.29 is 32.4 Å². The van der Waals surface area contributed by atoms with Crippen LogP contribution in [0, 0.1) is 39.9 Å². The number of carbonyl (C=O) groups excluding carboxylic acids is 5. The molecular weight excluding hydrogens is 634 g/mol. The number of ketones is 1. The number of piperidine rings is 1. The van der Waals surface area contributed by atoms with Crippen LogP contribution in [0.15, 0.2) is 0 Å². The molecule has 3 saturated carbocycles. The second-order valence-electron chi connectivity index (χ2n) is 17.9. The number of nitrogens with two attached hydrogens (primary N) is 1. The molecule has 6 atom stereocenters. The summed E-state index contributed by atoms with van der Waals surface area (Å²) in [5, 5.41) is 8.60. The second-order valence-corrected chi connectivity index (χ2v) is 20.0. The number of hydrogen-bond acceptors (Lipinski definition) is 7. The molecule has 2 unspecified atom stereocenters. The smallest absolute Gasteiger partial charge is 0.315 e. The van der Waals surface area contributed by atoms with Gasteiger partial charge >= 0.3 is 6.03 Å². The molecule has 5 N–H and O–H groups in total. The van der Waals surface area contributed by atoms with Gasteiger partial charge in [-0.25, -0.2) is 13.2 Å². The summed E-state index contributed by atoms with van der Waals surface area (Å²) >= 11 is 0. The zero-order chi connectivity index (χ0) is 36.0. The van der Waals surface area contributed by atoms with E-state index < -0.39 is 74.4 Å². The van der Waals surface area contributed by atoms with E-state index in [1.165, 1.54) is 4.90 Å². The Morgan fingerprint density at radius 2 is 1.50 bits per heavy atom. The van der Waals surface area contributed by atoms with Crippen molar-refractivity contribution in [2.45, 2.75) is 131 Å². The number of likely N-dealkylation sites (tertiary alicyclic amines) is 1. The third-order valence-corrected chi connectivity index (χ3v) is 13.1. The van der Waals surface area contributed by atoms with Gasteiger partial charge < -0.3 is 26.6 Å². The zero-order valence-electron chi connectivity index (χ0n) is 30.2. The van der Waals surface area contributed by atoms with E-state index in [1.54, 1.807) is 0 Å². The van der Waals surface area contributed by atoms with Gasteiger partial charge in [-0.2, -0.15) is 0 Å². The summed E-state index contributed by atoms with van der Waals surface area (Å²) in [6.45, 7) is 15.5. The highest BCUT2D eigenvalue weighted by molar-refractivity contribution is 7.91. The summed E-state index contributed by atoms with van der Waals surface area (Å²) in [5.41, 5.74) is 3.92. The van der Waals surface area contributed by atoms with Gasteiger partial charge in [0.2, 0.25) is 17.6 Å². The van der Waals surface area contributed by atoms with Gasteiger partial charge in [0.15, 0.2) is 9.84 Å². The lowest BCUT2D eigenvalue weighted by molar-refractivity contribution is -0.145. The van der Waals surface area contributed by atoms with Crippen LogP contribution in [-0.2, 0) is 29.0 Å². The number of carbonyl (C=O) groups is 5. The average molecular weight is 694 g/mol. The Bertz CT molecular complexity index is 1370. The van der Waals surface area contributed by atoms with Crippen molar-refractivity contribution >= 4 is 39.4 Å². The minimum Gasteiger partial charge on any atom is -0.363 e. The van der Waals surface area contributed by atoms with Crippen molar-refractivity contribution in [3.05, 3.63) is 0 Å². The fourth-order valence-corrected chi connectivity index (χ4v) is 10.5. The number of Topliss-reactive ketones (excluding diaryl/α,β-unsaturated/α-hetero) is 1. The Balaban J connectivity index is 1.53. The molecule has 0 aromatic heterocycles. The number of urea groups is 1. The highest BCUT2D eigenvalue weighted by Gasteiger charge is 2.70. The lowest BCUT2D eigenvalue weighted by Crippen LogP contribution is -2.62. The van der Waals surface area contributed by atoms with E-state index in [9.17, 15) is 32.4 Å². The van der Waals surface area contributed by atoms with Crippen molar-refractivity contribution in [3.63, 3.8) is 0 Å². The lowest BCUT2D eigenvalue weighted by atomic mass is 9.84. The number of sulfone groups is 1. The molecule has 0 bridgehead atoms. The number of primary amides is 1. The van der Waals surface area contributed by atoms with Crippen molar-refractivity contribution in [2.24, 2.45) is 45.7 Å². The van der Waals surface area contributed by atoms with E-state index >= 15 is 0 Å². The maximum atomic E-state index is 14.4. The molecule has 4 rings (SSSR count). The molecular formula is C35H59N5O7S. The number of amides is 5. The molecule has 1 aliphatic heterocycles. The van der Waals surface area contributed by atoms with Gasteiger partial charge in [-0.15, -0.1) is 0 Å². The first-order valence-electron chi connectivity index (χ1n) is 17.7. The normalized spacial score (nSPS) is 26.1. The number of nitrogens with zero attached hydrogens (tertiary/aromatic N) is 1. The highest BCUT2D eigenvalue weighted by atomic mass is 32.2. The van der Waals surface area contributed by atoms with E-state index in [-0.39, 0.29) is 40.6 Å². The van der Waals surface area contributed by atoms with Crippen LogP contribution in [0.3, 0.4) is 0 Å². The van der Waals surface area contributed by atoms with Gasteiger partial charge in [-0.1, -0.05) is 87.5 Å². The summed E-state index contributed by atoms with van der Waals surface area (Å²) in [4.78, 5) is 67.9. The molecule has 3 aliphatic carbocycles.